The number of halogens is 1. The molecule has 4 heteroatoms. The van der Waals surface area contributed by atoms with Crippen molar-refractivity contribution in [2.24, 2.45) is 0 Å². The molecule has 26 heavy (non-hydrogen) atoms. The molecule has 0 amide bonds. The van der Waals surface area contributed by atoms with E-state index in [0.717, 1.165) is 31.2 Å². The van der Waals surface area contributed by atoms with Gasteiger partial charge in [0.1, 0.15) is 0 Å². The summed E-state index contributed by atoms with van der Waals surface area (Å²) in [6.07, 6.45) is 5.13. The maximum Gasteiger partial charge on any atom is 0.0406 e. The minimum atomic E-state index is 0.514. The molecule has 0 aromatic heterocycles. The van der Waals surface area contributed by atoms with Crippen LogP contribution in [-0.2, 0) is 0 Å². The van der Waals surface area contributed by atoms with E-state index >= 15 is 0 Å². The molecular weight excluding hydrogens is 360 g/mol. The van der Waals surface area contributed by atoms with Crippen molar-refractivity contribution >= 4 is 23.4 Å². The maximum atomic E-state index is 6.05. The van der Waals surface area contributed by atoms with Gasteiger partial charge < -0.3 is 5.32 Å². The zero-order valence-electron chi connectivity index (χ0n) is 15.6. The van der Waals surface area contributed by atoms with Crippen molar-refractivity contribution in [1.82, 2.24) is 10.2 Å². The molecule has 1 saturated heterocycles. The highest BCUT2D eigenvalue weighted by atomic mass is 35.5. The summed E-state index contributed by atoms with van der Waals surface area (Å²) in [5.41, 5.74) is 1.48. The van der Waals surface area contributed by atoms with Gasteiger partial charge in [0.2, 0.25) is 0 Å². The first kappa shape index (κ1) is 19.8. The highest BCUT2D eigenvalue weighted by Crippen LogP contribution is 2.37. The Morgan fingerprint density at radius 3 is 2.50 bits per heavy atom. The highest BCUT2D eigenvalue weighted by molar-refractivity contribution is 7.99. The lowest BCUT2D eigenvalue weighted by atomic mass is 9.98. The summed E-state index contributed by atoms with van der Waals surface area (Å²) < 4.78 is 0. The molecule has 3 rings (SSSR count). The van der Waals surface area contributed by atoms with Crippen LogP contribution in [0, 0.1) is 0 Å². The number of hydrogen-bond donors (Lipinski definition) is 1. The summed E-state index contributed by atoms with van der Waals surface area (Å²) in [5.74, 6) is 0. The fourth-order valence-electron chi connectivity index (χ4n) is 3.59. The molecule has 0 spiro atoms. The second kappa shape index (κ2) is 10.4. The van der Waals surface area contributed by atoms with Crippen LogP contribution < -0.4 is 5.32 Å². The van der Waals surface area contributed by atoms with E-state index < -0.39 is 0 Å². The van der Waals surface area contributed by atoms with Gasteiger partial charge in [-0.3, -0.25) is 4.90 Å². The van der Waals surface area contributed by atoms with Gasteiger partial charge in [0.25, 0.3) is 0 Å². The molecule has 1 aliphatic rings. The lowest BCUT2D eigenvalue weighted by Crippen LogP contribution is -2.45. The molecule has 0 saturated carbocycles. The van der Waals surface area contributed by atoms with Crippen molar-refractivity contribution in [3.63, 3.8) is 0 Å². The Bertz CT molecular complexity index is 668. The zero-order chi connectivity index (χ0) is 18.2. The Morgan fingerprint density at radius 2 is 1.77 bits per heavy atom. The standard InChI is InChI=1S/C22H29ClN2S/c1-2-3-4-8-21(25-16-14-24-15-17-25)20-7-5-6-9-22(20)26-19-12-10-18(23)11-13-19/h5-7,9-13,21,24H,2-4,8,14-17H2,1H3/t21-/m1/s1. The average molecular weight is 389 g/mol. The van der Waals surface area contributed by atoms with Crippen molar-refractivity contribution in [3.8, 4) is 0 Å². The maximum absolute atomic E-state index is 6.05. The summed E-state index contributed by atoms with van der Waals surface area (Å²) >= 11 is 7.90. The number of piperazine rings is 1. The van der Waals surface area contributed by atoms with Crippen LogP contribution in [0.3, 0.4) is 0 Å². The van der Waals surface area contributed by atoms with Crippen LogP contribution in [0.25, 0.3) is 0 Å². The SMILES string of the molecule is CCCCC[C@H](c1ccccc1Sc1ccc(Cl)cc1)N1CCNCC1. The monoisotopic (exact) mass is 388 g/mol. The number of benzene rings is 2. The minimum Gasteiger partial charge on any atom is -0.314 e. The molecule has 2 nitrogen and oxygen atoms in total. The van der Waals surface area contributed by atoms with Crippen molar-refractivity contribution in [3.05, 3.63) is 59.1 Å². The predicted molar refractivity (Wildman–Crippen MR) is 113 cm³/mol. The largest absolute Gasteiger partial charge is 0.314 e. The summed E-state index contributed by atoms with van der Waals surface area (Å²) in [4.78, 5) is 5.29. The topological polar surface area (TPSA) is 15.3 Å². The van der Waals surface area contributed by atoms with Gasteiger partial charge in [-0.2, -0.15) is 0 Å². The van der Waals surface area contributed by atoms with Crippen LogP contribution in [0.15, 0.2) is 58.3 Å². The van der Waals surface area contributed by atoms with Gasteiger partial charge in [0.15, 0.2) is 0 Å². The number of nitrogens with zero attached hydrogens (tertiary/aromatic N) is 1. The third-order valence-corrected chi connectivity index (χ3v) is 6.34. The van der Waals surface area contributed by atoms with Crippen LogP contribution >= 0.6 is 23.4 Å². The van der Waals surface area contributed by atoms with Crippen molar-refractivity contribution in [2.45, 2.75) is 48.4 Å². The highest BCUT2D eigenvalue weighted by Gasteiger charge is 2.24. The van der Waals surface area contributed by atoms with E-state index in [9.17, 15) is 0 Å². The van der Waals surface area contributed by atoms with Crippen LogP contribution in [-0.4, -0.2) is 31.1 Å². The van der Waals surface area contributed by atoms with Gasteiger partial charge in [-0.1, -0.05) is 67.7 Å². The van der Waals surface area contributed by atoms with Gasteiger partial charge in [-0.05, 0) is 42.3 Å². The van der Waals surface area contributed by atoms with E-state index in [4.69, 9.17) is 11.6 Å². The molecule has 140 valence electrons. The lowest BCUT2D eigenvalue weighted by molar-refractivity contribution is 0.161. The normalized spacial score (nSPS) is 16.5. The fraction of sp³-hybridized carbons (Fsp3) is 0.455. The van der Waals surface area contributed by atoms with Crippen molar-refractivity contribution in [2.75, 3.05) is 26.2 Å². The number of nitrogens with one attached hydrogen (secondary N) is 1. The Balaban J connectivity index is 1.83. The number of hydrogen-bond acceptors (Lipinski definition) is 3. The third kappa shape index (κ3) is 5.50. The van der Waals surface area contributed by atoms with Crippen LogP contribution in [0.5, 0.6) is 0 Å². The molecule has 1 atom stereocenters. The number of unbranched alkanes of at least 4 members (excludes halogenated alkanes) is 2. The number of rotatable bonds is 8. The zero-order valence-corrected chi connectivity index (χ0v) is 17.2. The summed E-state index contributed by atoms with van der Waals surface area (Å²) in [6.45, 7) is 6.74. The molecule has 2 aromatic carbocycles. The fourth-order valence-corrected chi connectivity index (χ4v) is 4.72. The third-order valence-electron chi connectivity index (χ3n) is 4.99. The molecule has 0 radical (unpaired) electrons. The molecule has 0 bridgehead atoms. The second-order valence-electron chi connectivity index (χ2n) is 6.89. The van der Waals surface area contributed by atoms with Gasteiger partial charge in [0, 0.05) is 47.0 Å². The minimum absolute atomic E-state index is 0.514. The van der Waals surface area contributed by atoms with E-state index in [1.165, 1.54) is 41.0 Å². The summed E-state index contributed by atoms with van der Waals surface area (Å²) in [6, 6.07) is 17.6. The van der Waals surface area contributed by atoms with Gasteiger partial charge in [0.05, 0.1) is 0 Å². The average Bonchev–Trinajstić information content (AvgIpc) is 2.69. The van der Waals surface area contributed by atoms with E-state index in [0.29, 0.717) is 6.04 Å². The first-order valence-corrected chi connectivity index (χ1v) is 10.9. The van der Waals surface area contributed by atoms with Crippen LogP contribution in [0.2, 0.25) is 5.02 Å². The Kier molecular flexibility index (Phi) is 7.87. The Hall–Kier alpha value is -1.00. The van der Waals surface area contributed by atoms with Gasteiger partial charge in [-0.15, -0.1) is 0 Å². The van der Waals surface area contributed by atoms with Crippen molar-refractivity contribution < 1.29 is 0 Å². The molecule has 0 unspecified atom stereocenters. The van der Waals surface area contributed by atoms with Crippen LogP contribution in [0.4, 0.5) is 0 Å². The van der Waals surface area contributed by atoms with Gasteiger partial charge in [-0.25, -0.2) is 0 Å². The second-order valence-corrected chi connectivity index (χ2v) is 8.44. The molecule has 1 fully saturated rings. The Morgan fingerprint density at radius 1 is 1.04 bits per heavy atom. The molecular formula is C22H29ClN2S. The summed E-state index contributed by atoms with van der Waals surface area (Å²) in [7, 11) is 0. The molecule has 2 aromatic rings. The van der Waals surface area contributed by atoms with E-state index in [1.54, 1.807) is 0 Å². The molecule has 0 aliphatic carbocycles. The predicted octanol–water partition coefficient (Wildman–Crippen LogP) is 6.02. The lowest BCUT2D eigenvalue weighted by Gasteiger charge is -2.36. The first-order chi connectivity index (χ1) is 12.8. The van der Waals surface area contributed by atoms with E-state index in [-0.39, 0.29) is 0 Å². The van der Waals surface area contributed by atoms with Crippen LogP contribution in [0.1, 0.15) is 44.2 Å². The smallest absolute Gasteiger partial charge is 0.0406 e. The molecule has 1 aliphatic heterocycles. The summed E-state index contributed by atoms with van der Waals surface area (Å²) in [5, 5.41) is 4.28. The van der Waals surface area contributed by atoms with E-state index in [1.807, 2.05) is 23.9 Å². The quantitative estimate of drug-likeness (QED) is 0.557. The molecule has 1 N–H and O–H groups in total. The molecule has 1 heterocycles. The Labute approximate surface area is 167 Å². The van der Waals surface area contributed by atoms with Gasteiger partial charge >= 0.3 is 0 Å². The van der Waals surface area contributed by atoms with E-state index in [2.05, 4.69) is 53.5 Å². The van der Waals surface area contributed by atoms with Crippen molar-refractivity contribution in [1.29, 1.82) is 0 Å². The first-order valence-electron chi connectivity index (χ1n) is 9.75.